The van der Waals surface area contributed by atoms with Gasteiger partial charge in [-0.1, -0.05) is 0 Å². The number of anilines is 1. The van der Waals surface area contributed by atoms with Gasteiger partial charge in [-0.3, -0.25) is 0 Å². The molecule has 0 spiro atoms. The molecule has 0 aliphatic carbocycles. The van der Waals surface area contributed by atoms with Gasteiger partial charge in [0.1, 0.15) is 11.4 Å². The topological polar surface area (TPSA) is 71.5 Å². The maximum Gasteiger partial charge on any atom is 0.339 e. The number of ether oxygens (including phenoxy) is 1. The molecule has 1 fully saturated rings. The first kappa shape index (κ1) is 11.9. The zero-order valence-electron chi connectivity index (χ0n) is 9.99. The minimum atomic E-state index is -0.970. The van der Waals surface area contributed by atoms with Gasteiger partial charge in [0.2, 0.25) is 0 Å². The van der Waals surface area contributed by atoms with Crippen LogP contribution in [0.5, 0.6) is 0 Å². The summed E-state index contributed by atoms with van der Waals surface area (Å²) in [5, 5.41) is 12.3. The van der Waals surface area contributed by atoms with Gasteiger partial charge in [0, 0.05) is 12.3 Å². The highest BCUT2D eigenvalue weighted by Gasteiger charge is 2.31. The minimum Gasteiger partial charge on any atom is -0.478 e. The van der Waals surface area contributed by atoms with Crippen LogP contribution in [0.15, 0.2) is 12.1 Å². The largest absolute Gasteiger partial charge is 0.478 e. The summed E-state index contributed by atoms with van der Waals surface area (Å²) in [6.07, 6.45) is 0.849. The number of hydrogen-bond acceptors (Lipinski definition) is 4. The third kappa shape index (κ3) is 2.55. The van der Waals surface area contributed by atoms with E-state index in [1.54, 1.807) is 12.1 Å². The summed E-state index contributed by atoms with van der Waals surface area (Å²) in [6, 6.07) is 3.27. The molecule has 2 rings (SSSR count). The second-order valence-electron chi connectivity index (χ2n) is 4.64. The second-order valence-corrected chi connectivity index (χ2v) is 4.64. The van der Waals surface area contributed by atoms with E-state index in [0.29, 0.717) is 19.0 Å². The number of carboxylic acids is 1. The maximum atomic E-state index is 11.1. The van der Waals surface area contributed by atoms with Crippen LogP contribution in [0.2, 0.25) is 0 Å². The lowest BCUT2D eigenvalue weighted by Gasteiger charge is -2.25. The molecule has 0 saturated carbocycles. The van der Waals surface area contributed by atoms with Crippen molar-refractivity contribution in [2.45, 2.75) is 25.8 Å². The molecular formula is C12H16N2O3. The van der Waals surface area contributed by atoms with Crippen LogP contribution >= 0.6 is 0 Å². The van der Waals surface area contributed by atoms with Crippen LogP contribution in [0.4, 0.5) is 5.82 Å². The summed E-state index contributed by atoms with van der Waals surface area (Å²) in [7, 11) is 0. The summed E-state index contributed by atoms with van der Waals surface area (Å²) in [5.41, 5.74) is 0.758. The number of carbonyl (C=O) groups is 1. The molecular weight excluding hydrogens is 220 g/mol. The number of nitrogens with zero attached hydrogens (tertiary/aromatic N) is 1. The summed E-state index contributed by atoms with van der Waals surface area (Å²) in [4.78, 5) is 15.4. The first-order valence-corrected chi connectivity index (χ1v) is 5.57. The Balaban J connectivity index is 2.30. The van der Waals surface area contributed by atoms with Crippen molar-refractivity contribution in [2.75, 3.05) is 18.5 Å². The number of hydrogen-bond donors (Lipinski definition) is 2. The Morgan fingerprint density at radius 2 is 2.35 bits per heavy atom. The summed E-state index contributed by atoms with van der Waals surface area (Å²) < 4.78 is 5.33. The van der Waals surface area contributed by atoms with Crippen LogP contribution in [0.1, 0.15) is 29.4 Å². The average Bonchev–Trinajstić information content (AvgIpc) is 2.64. The van der Waals surface area contributed by atoms with Gasteiger partial charge >= 0.3 is 5.97 Å². The molecule has 5 nitrogen and oxygen atoms in total. The normalized spacial score (nSPS) is 23.6. The van der Waals surface area contributed by atoms with Crippen LogP contribution in [-0.4, -0.2) is 34.8 Å². The molecule has 1 aromatic heterocycles. The molecule has 1 aliphatic heterocycles. The Morgan fingerprint density at radius 1 is 1.59 bits per heavy atom. The molecule has 0 aromatic carbocycles. The number of aromatic nitrogens is 1. The average molecular weight is 236 g/mol. The van der Waals surface area contributed by atoms with Crippen LogP contribution in [-0.2, 0) is 4.74 Å². The van der Waals surface area contributed by atoms with Crippen LogP contribution in [0.3, 0.4) is 0 Å². The molecule has 0 bridgehead atoms. The standard InChI is InChI=1S/C12H16N2O3/c1-8-3-4-9(11(15)16)10(13-8)14-12(2)5-6-17-7-12/h3-4H,5-7H2,1-2H3,(H,13,14)(H,15,16). The SMILES string of the molecule is Cc1ccc(C(=O)O)c(NC2(C)CCOC2)n1. The molecule has 2 N–H and O–H groups in total. The number of pyridine rings is 1. The highest BCUT2D eigenvalue weighted by atomic mass is 16.5. The Morgan fingerprint density at radius 3 is 2.94 bits per heavy atom. The van der Waals surface area contributed by atoms with Crippen molar-refractivity contribution in [2.24, 2.45) is 0 Å². The van der Waals surface area contributed by atoms with Crippen molar-refractivity contribution in [1.29, 1.82) is 0 Å². The van der Waals surface area contributed by atoms with E-state index in [-0.39, 0.29) is 11.1 Å². The molecule has 0 radical (unpaired) electrons. The fourth-order valence-electron chi connectivity index (χ4n) is 1.88. The molecule has 5 heteroatoms. The van der Waals surface area contributed by atoms with Crippen molar-refractivity contribution >= 4 is 11.8 Å². The van der Waals surface area contributed by atoms with Crippen LogP contribution in [0.25, 0.3) is 0 Å². The molecule has 1 aliphatic rings. The number of aromatic carboxylic acids is 1. The Hall–Kier alpha value is -1.62. The lowest BCUT2D eigenvalue weighted by atomic mass is 10.0. The summed E-state index contributed by atoms with van der Waals surface area (Å²) >= 11 is 0. The number of rotatable bonds is 3. The van der Waals surface area contributed by atoms with E-state index in [9.17, 15) is 4.79 Å². The third-order valence-corrected chi connectivity index (χ3v) is 2.90. The van der Waals surface area contributed by atoms with Crippen molar-refractivity contribution in [3.05, 3.63) is 23.4 Å². The molecule has 2 heterocycles. The maximum absolute atomic E-state index is 11.1. The van der Waals surface area contributed by atoms with E-state index in [1.165, 1.54) is 0 Å². The lowest BCUT2D eigenvalue weighted by Crippen LogP contribution is -2.36. The number of carboxylic acid groups (broad SMARTS) is 1. The van der Waals surface area contributed by atoms with Crippen LogP contribution in [0, 0.1) is 6.92 Å². The zero-order chi connectivity index (χ0) is 12.5. The van der Waals surface area contributed by atoms with E-state index >= 15 is 0 Å². The molecule has 1 aromatic rings. The highest BCUT2D eigenvalue weighted by molar-refractivity contribution is 5.93. The minimum absolute atomic E-state index is 0.198. The van der Waals surface area contributed by atoms with Crippen molar-refractivity contribution in [3.8, 4) is 0 Å². The predicted octanol–water partition coefficient (Wildman–Crippen LogP) is 1.68. The van der Waals surface area contributed by atoms with E-state index < -0.39 is 5.97 Å². The van der Waals surface area contributed by atoms with Gasteiger partial charge < -0.3 is 15.2 Å². The third-order valence-electron chi connectivity index (χ3n) is 2.90. The predicted molar refractivity (Wildman–Crippen MR) is 63.4 cm³/mol. The van der Waals surface area contributed by atoms with Crippen LogP contribution < -0.4 is 5.32 Å². The van der Waals surface area contributed by atoms with Gasteiger partial charge in [0.25, 0.3) is 0 Å². The number of aryl methyl sites for hydroxylation is 1. The van der Waals surface area contributed by atoms with E-state index in [2.05, 4.69) is 10.3 Å². The fourth-order valence-corrected chi connectivity index (χ4v) is 1.88. The Kier molecular flexibility index (Phi) is 3.02. The van der Waals surface area contributed by atoms with E-state index in [4.69, 9.17) is 9.84 Å². The van der Waals surface area contributed by atoms with Crippen molar-refractivity contribution < 1.29 is 14.6 Å². The van der Waals surface area contributed by atoms with Gasteiger partial charge in [-0.2, -0.15) is 0 Å². The van der Waals surface area contributed by atoms with Gasteiger partial charge in [0.15, 0.2) is 0 Å². The smallest absolute Gasteiger partial charge is 0.339 e. The monoisotopic (exact) mass is 236 g/mol. The first-order chi connectivity index (χ1) is 8.00. The molecule has 1 atom stereocenters. The van der Waals surface area contributed by atoms with E-state index in [1.807, 2.05) is 13.8 Å². The second kappa shape index (κ2) is 4.33. The quantitative estimate of drug-likeness (QED) is 0.835. The summed E-state index contributed by atoms with van der Waals surface area (Å²) in [5.74, 6) is -0.548. The Bertz CT molecular complexity index is 439. The summed E-state index contributed by atoms with van der Waals surface area (Å²) in [6.45, 7) is 5.11. The molecule has 17 heavy (non-hydrogen) atoms. The first-order valence-electron chi connectivity index (χ1n) is 5.57. The molecule has 92 valence electrons. The lowest BCUT2D eigenvalue weighted by molar-refractivity contribution is 0.0697. The zero-order valence-corrected chi connectivity index (χ0v) is 9.99. The molecule has 1 saturated heterocycles. The van der Waals surface area contributed by atoms with Crippen molar-refractivity contribution in [3.63, 3.8) is 0 Å². The van der Waals surface area contributed by atoms with Gasteiger partial charge in [-0.25, -0.2) is 9.78 Å². The van der Waals surface area contributed by atoms with Gasteiger partial charge in [-0.05, 0) is 32.4 Å². The van der Waals surface area contributed by atoms with E-state index in [0.717, 1.165) is 12.1 Å². The van der Waals surface area contributed by atoms with Crippen molar-refractivity contribution in [1.82, 2.24) is 4.98 Å². The highest BCUT2D eigenvalue weighted by Crippen LogP contribution is 2.25. The number of nitrogens with one attached hydrogen (secondary N) is 1. The molecule has 0 amide bonds. The van der Waals surface area contributed by atoms with Gasteiger partial charge in [0.05, 0.1) is 12.1 Å². The Labute approximate surface area is 99.8 Å². The van der Waals surface area contributed by atoms with Gasteiger partial charge in [-0.15, -0.1) is 0 Å². The fraction of sp³-hybridized carbons (Fsp3) is 0.500. The molecule has 1 unspecified atom stereocenters.